The zero-order valence-corrected chi connectivity index (χ0v) is 15.0. The molecule has 0 aliphatic carbocycles. The first kappa shape index (κ1) is 16.8. The standard InChI is InChI=1S/C16H15BrN4O2S/c17-14-8-4-5-9-16(14)24(22,23)20-15(10-21-12-18-11-19-21)13-6-2-1-3-7-13/h1-9,11-12,15,20H,10H2. The van der Waals surface area contributed by atoms with Crippen molar-refractivity contribution in [1.82, 2.24) is 19.5 Å². The van der Waals surface area contributed by atoms with Gasteiger partial charge in [-0.3, -0.25) is 4.68 Å². The van der Waals surface area contributed by atoms with E-state index in [4.69, 9.17) is 0 Å². The number of benzene rings is 2. The summed E-state index contributed by atoms with van der Waals surface area (Å²) in [5.74, 6) is 0. The van der Waals surface area contributed by atoms with Crippen LogP contribution in [0.5, 0.6) is 0 Å². The van der Waals surface area contributed by atoms with Crippen molar-refractivity contribution in [1.29, 1.82) is 0 Å². The molecule has 124 valence electrons. The van der Waals surface area contributed by atoms with Crippen LogP contribution in [0.2, 0.25) is 0 Å². The quantitative estimate of drug-likeness (QED) is 0.682. The second-order valence-corrected chi connectivity index (χ2v) is 7.67. The third-order valence-corrected chi connectivity index (χ3v) is 5.95. The lowest BCUT2D eigenvalue weighted by molar-refractivity contribution is 0.482. The maximum Gasteiger partial charge on any atom is 0.242 e. The average molecular weight is 407 g/mol. The van der Waals surface area contributed by atoms with E-state index in [2.05, 4.69) is 30.7 Å². The minimum atomic E-state index is -3.70. The Kier molecular flexibility index (Phi) is 5.08. The number of hydrogen-bond donors (Lipinski definition) is 1. The highest BCUT2D eigenvalue weighted by Crippen LogP contribution is 2.24. The van der Waals surface area contributed by atoms with Crippen LogP contribution in [0, 0.1) is 0 Å². The molecule has 2 aromatic carbocycles. The monoisotopic (exact) mass is 406 g/mol. The van der Waals surface area contributed by atoms with Gasteiger partial charge in [-0.2, -0.15) is 5.10 Å². The molecular formula is C16H15BrN4O2S. The molecule has 3 aromatic rings. The SMILES string of the molecule is O=S(=O)(NC(Cn1cncn1)c1ccccc1)c1ccccc1Br. The first-order valence-corrected chi connectivity index (χ1v) is 9.48. The van der Waals surface area contributed by atoms with Crippen molar-refractivity contribution in [2.45, 2.75) is 17.5 Å². The van der Waals surface area contributed by atoms with E-state index in [-0.39, 0.29) is 4.90 Å². The summed E-state index contributed by atoms with van der Waals surface area (Å²) < 4.78 is 30.4. The summed E-state index contributed by atoms with van der Waals surface area (Å²) in [7, 11) is -3.70. The molecule has 0 spiro atoms. The molecule has 0 aliphatic rings. The maximum atomic E-state index is 12.8. The molecule has 6 nitrogen and oxygen atoms in total. The molecule has 0 aliphatic heterocycles. The summed E-state index contributed by atoms with van der Waals surface area (Å²) in [6.45, 7) is 0.341. The van der Waals surface area contributed by atoms with Gasteiger partial charge >= 0.3 is 0 Å². The molecule has 0 amide bonds. The largest absolute Gasteiger partial charge is 0.251 e. The highest BCUT2D eigenvalue weighted by Gasteiger charge is 2.23. The third-order valence-electron chi connectivity index (χ3n) is 3.46. The smallest absolute Gasteiger partial charge is 0.242 e. The van der Waals surface area contributed by atoms with E-state index in [1.165, 1.54) is 6.33 Å². The van der Waals surface area contributed by atoms with Crippen molar-refractivity contribution < 1.29 is 8.42 Å². The van der Waals surface area contributed by atoms with E-state index in [9.17, 15) is 8.42 Å². The molecule has 8 heteroatoms. The number of aromatic nitrogens is 3. The molecule has 0 saturated heterocycles. The first-order chi connectivity index (χ1) is 11.6. The summed E-state index contributed by atoms with van der Waals surface area (Å²) in [5, 5.41) is 4.06. The van der Waals surface area contributed by atoms with E-state index in [1.54, 1.807) is 35.3 Å². The van der Waals surface area contributed by atoms with Gasteiger partial charge in [0, 0.05) is 4.47 Å². The van der Waals surface area contributed by atoms with Crippen LogP contribution in [-0.4, -0.2) is 23.2 Å². The second kappa shape index (κ2) is 7.25. The molecule has 1 aromatic heterocycles. The zero-order valence-electron chi connectivity index (χ0n) is 12.6. The lowest BCUT2D eigenvalue weighted by Crippen LogP contribution is -2.32. The van der Waals surface area contributed by atoms with Crippen LogP contribution in [0.3, 0.4) is 0 Å². The fourth-order valence-corrected chi connectivity index (χ4v) is 4.54. The zero-order chi connectivity index (χ0) is 17.0. The molecule has 0 saturated carbocycles. The Hall–Kier alpha value is -2.03. The van der Waals surface area contributed by atoms with Crippen LogP contribution in [0.25, 0.3) is 0 Å². The number of sulfonamides is 1. The Morgan fingerprint density at radius 1 is 1.08 bits per heavy atom. The van der Waals surface area contributed by atoms with Crippen molar-refractivity contribution in [3.8, 4) is 0 Å². The van der Waals surface area contributed by atoms with Crippen molar-refractivity contribution in [3.05, 3.63) is 77.3 Å². The maximum absolute atomic E-state index is 12.8. The van der Waals surface area contributed by atoms with Crippen LogP contribution < -0.4 is 4.72 Å². The van der Waals surface area contributed by atoms with Gasteiger partial charge in [-0.25, -0.2) is 18.1 Å². The molecule has 1 heterocycles. The minimum absolute atomic E-state index is 0.199. The average Bonchev–Trinajstić information content (AvgIpc) is 3.08. The summed E-state index contributed by atoms with van der Waals surface area (Å²) >= 11 is 3.29. The van der Waals surface area contributed by atoms with Crippen molar-refractivity contribution >= 4 is 26.0 Å². The van der Waals surface area contributed by atoms with Gasteiger partial charge in [-0.1, -0.05) is 42.5 Å². The third kappa shape index (κ3) is 3.89. The fraction of sp³-hybridized carbons (Fsp3) is 0.125. The molecule has 1 atom stereocenters. The topological polar surface area (TPSA) is 76.9 Å². The number of nitrogens with zero attached hydrogens (tertiary/aromatic N) is 3. The van der Waals surface area contributed by atoms with Crippen molar-refractivity contribution in [2.75, 3.05) is 0 Å². The van der Waals surface area contributed by atoms with E-state index < -0.39 is 16.1 Å². The molecular weight excluding hydrogens is 392 g/mol. The first-order valence-electron chi connectivity index (χ1n) is 7.20. The van der Waals surface area contributed by atoms with E-state index >= 15 is 0 Å². The predicted molar refractivity (Wildman–Crippen MR) is 93.7 cm³/mol. The normalized spacial score (nSPS) is 12.9. The molecule has 0 radical (unpaired) electrons. The molecule has 1 N–H and O–H groups in total. The predicted octanol–water partition coefficient (Wildman–Crippen LogP) is 2.76. The van der Waals surface area contributed by atoms with Gasteiger partial charge in [-0.15, -0.1) is 0 Å². The highest BCUT2D eigenvalue weighted by atomic mass is 79.9. The molecule has 1 unspecified atom stereocenters. The van der Waals surface area contributed by atoms with Crippen LogP contribution in [-0.2, 0) is 16.6 Å². The lowest BCUT2D eigenvalue weighted by atomic mass is 10.1. The minimum Gasteiger partial charge on any atom is -0.251 e. The number of rotatable bonds is 6. The summed E-state index contributed by atoms with van der Waals surface area (Å²) in [6, 6.07) is 15.6. The Morgan fingerprint density at radius 2 is 1.79 bits per heavy atom. The van der Waals surface area contributed by atoms with E-state index in [0.717, 1.165) is 5.56 Å². The molecule has 0 bridgehead atoms. The number of halogens is 1. The van der Waals surface area contributed by atoms with Gasteiger partial charge in [0.2, 0.25) is 10.0 Å². The van der Waals surface area contributed by atoms with Crippen LogP contribution in [0.1, 0.15) is 11.6 Å². The Bertz CT molecular complexity index is 899. The molecule has 3 rings (SSSR count). The summed E-state index contributed by atoms with van der Waals surface area (Å²) in [6.07, 6.45) is 2.98. The Morgan fingerprint density at radius 3 is 2.46 bits per heavy atom. The second-order valence-electron chi connectivity index (χ2n) is 5.13. The van der Waals surface area contributed by atoms with Gasteiger partial charge in [0.05, 0.1) is 17.5 Å². The molecule has 24 heavy (non-hydrogen) atoms. The van der Waals surface area contributed by atoms with Gasteiger partial charge in [0.15, 0.2) is 0 Å². The van der Waals surface area contributed by atoms with Gasteiger partial charge in [-0.05, 0) is 33.6 Å². The van der Waals surface area contributed by atoms with E-state index in [1.807, 2.05) is 30.3 Å². The number of hydrogen-bond acceptors (Lipinski definition) is 4. The highest BCUT2D eigenvalue weighted by molar-refractivity contribution is 9.10. The Balaban J connectivity index is 1.93. The van der Waals surface area contributed by atoms with Crippen LogP contribution >= 0.6 is 15.9 Å². The van der Waals surface area contributed by atoms with Gasteiger partial charge in [0.1, 0.15) is 12.7 Å². The van der Waals surface area contributed by atoms with E-state index in [0.29, 0.717) is 11.0 Å². The van der Waals surface area contributed by atoms with Crippen molar-refractivity contribution in [3.63, 3.8) is 0 Å². The lowest BCUT2D eigenvalue weighted by Gasteiger charge is -2.19. The van der Waals surface area contributed by atoms with Crippen molar-refractivity contribution in [2.24, 2.45) is 0 Å². The summed E-state index contributed by atoms with van der Waals surface area (Å²) in [5.41, 5.74) is 0.851. The number of nitrogens with one attached hydrogen (secondary N) is 1. The van der Waals surface area contributed by atoms with Gasteiger partial charge < -0.3 is 0 Å². The summed E-state index contributed by atoms with van der Waals surface area (Å²) in [4.78, 5) is 4.10. The Labute approximate surface area is 148 Å². The fourth-order valence-electron chi connectivity index (χ4n) is 2.32. The van der Waals surface area contributed by atoms with Crippen LogP contribution in [0.15, 0.2) is 76.6 Å². The molecule has 0 fully saturated rings. The van der Waals surface area contributed by atoms with Crippen LogP contribution in [0.4, 0.5) is 0 Å². The van der Waals surface area contributed by atoms with Gasteiger partial charge in [0.25, 0.3) is 0 Å².